The lowest BCUT2D eigenvalue weighted by Gasteiger charge is -2.20. The summed E-state index contributed by atoms with van der Waals surface area (Å²) in [6.45, 7) is 12.9. The van der Waals surface area contributed by atoms with E-state index in [1.807, 2.05) is 42.6 Å². The highest BCUT2D eigenvalue weighted by Gasteiger charge is 2.21. The lowest BCUT2D eigenvalue weighted by Crippen LogP contribution is -2.18. The Labute approximate surface area is 232 Å². The number of aromatic nitrogens is 6. The summed E-state index contributed by atoms with van der Waals surface area (Å²) in [7, 11) is 0. The van der Waals surface area contributed by atoms with Gasteiger partial charge in [-0.25, -0.2) is 9.78 Å². The number of benzene rings is 1. The average molecular weight is 533 g/mol. The number of imidazole rings is 1. The summed E-state index contributed by atoms with van der Waals surface area (Å²) in [5.41, 5.74) is 3.45. The molecule has 0 atom stereocenters. The molecule has 0 saturated heterocycles. The van der Waals surface area contributed by atoms with Crippen molar-refractivity contribution in [3.8, 4) is 23.4 Å². The van der Waals surface area contributed by atoms with Crippen molar-refractivity contribution in [3.05, 3.63) is 101 Å². The normalized spacial score (nSPS) is 12.3. The van der Waals surface area contributed by atoms with Crippen molar-refractivity contribution >= 4 is 21.9 Å². The Morgan fingerprint density at radius 1 is 0.775 bits per heavy atom. The van der Waals surface area contributed by atoms with E-state index in [1.165, 1.54) is 10.1 Å². The first-order valence-corrected chi connectivity index (χ1v) is 13.3. The summed E-state index contributed by atoms with van der Waals surface area (Å²) in [5, 5.41) is 2.09. The van der Waals surface area contributed by atoms with Crippen molar-refractivity contribution in [3.63, 3.8) is 0 Å². The molecule has 5 heterocycles. The molecule has 5 aromatic heterocycles. The summed E-state index contributed by atoms with van der Waals surface area (Å²) in [6, 6.07) is 20.1. The average Bonchev–Trinajstić information content (AvgIpc) is 3.48. The SMILES string of the molecule is CC(C)(C)c1cc(Oc2ccc3c4ccccc4n(-c4cc(C(C)(C)C)ccn4)c3n2)nc(-n2cc[nH]c2=O)c1. The van der Waals surface area contributed by atoms with Crippen molar-refractivity contribution in [2.75, 3.05) is 0 Å². The van der Waals surface area contributed by atoms with E-state index in [4.69, 9.17) is 14.7 Å². The highest BCUT2D eigenvalue weighted by Crippen LogP contribution is 2.34. The summed E-state index contributed by atoms with van der Waals surface area (Å²) in [4.78, 5) is 29.4. The van der Waals surface area contributed by atoms with Crippen LogP contribution in [-0.4, -0.2) is 29.1 Å². The molecule has 8 heteroatoms. The maximum atomic E-state index is 12.3. The maximum absolute atomic E-state index is 12.3. The van der Waals surface area contributed by atoms with E-state index in [1.54, 1.807) is 12.4 Å². The highest BCUT2D eigenvalue weighted by molar-refractivity contribution is 6.07. The predicted molar refractivity (Wildman–Crippen MR) is 158 cm³/mol. The highest BCUT2D eigenvalue weighted by atomic mass is 16.5. The number of hydrogen-bond acceptors (Lipinski definition) is 5. The Bertz CT molecular complexity index is 1930. The minimum Gasteiger partial charge on any atom is -0.421 e. The molecule has 0 fully saturated rings. The van der Waals surface area contributed by atoms with Gasteiger partial charge in [-0.2, -0.15) is 9.97 Å². The van der Waals surface area contributed by atoms with Crippen LogP contribution >= 0.6 is 0 Å². The van der Waals surface area contributed by atoms with Gasteiger partial charge in [-0.05, 0) is 52.3 Å². The Hall–Kier alpha value is -4.72. The zero-order valence-electron chi connectivity index (χ0n) is 23.6. The van der Waals surface area contributed by atoms with Crippen LogP contribution in [0.2, 0.25) is 0 Å². The first-order chi connectivity index (χ1) is 19.0. The summed E-state index contributed by atoms with van der Waals surface area (Å²) < 4.78 is 9.83. The Kier molecular flexibility index (Phi) is 5.87. The number of hydrogen-bond donors (Lipinski definition) is 1. The Morgan fingerprint density at radius 2 is 1.52 bits per heavy atom. The van der Waals surface area contributed by atoms with Crippen LogP contribution in [0.5, 0.6) is 11.8 Å². The molecule has 6 rings (SSSR count). The lowest BCUT2D eigenvalue weighted by atomic mass is 9.87. The minimum atomic E-state index is -0.265. The number of ether oxygens (including phenoxy) is 1. The minimum absolute atomic E-state index is 0.0268. The third kappa shape index (κ3) is 4.55. The van der Waals surface area contributed by atoms with Crippen LogP contribution in [0.3, 0.4) is 0 Å². The molecule has 6 aromatic rings. The number of pyridine rings is 3. The fourth-order valence-electron chi connectivity index (χ4n) is 4.83. The van der Waals surface area contributed by atoms with Gasteiger partial charge in [0, 0.05) is 41.5 Å². The fourth-order valence-corrected chi connectivity index (χ4v) is 4.83. The number of H-pyrrole nitrogens is 1. The number of fused-ring (bicyclic) bond motifs is 3. The molecular formula is C32H32N6O2. The molecule has 40 heavy (non-hydrogen) atoms. The molecule has 0 amide bonds. The molecule has 0 aliphatic heterocycles. The molecule has 0 unspecified atom stereocenters. The first kappa shape index (κ1) is 25.6. The van der Waals surface area contributed by atoms with E-state index in [2.05, 4.69) is 80.3 Å². The zero-order valence-corrected chi connectivity index (χ0v) is 23.6. The first-order valence-electron chi connectivity index (χ1n) is 13.3. The molecular weight excluding hydrogens is 500 g/mol. The number of aromatic amines is 1. The summed E-state index contributed by atoms with van der Waals surface area (Å²) in [6.07, 6.45) is 5.09. The van der Waals surface area contributed by atoms with E-state index >= 15 is 0 Å². The standard InChI is InChI=1S/C32H32N6O2/c1-31(2,3)20-13-14-33-25(17-20)38-24-10-8-7-9-22(24)23-11-12-27(36-29(23)38)40-28-19-21(32(4,5)6)18-26(35-28)37-16-15-34-30(37)39/h7-19H,1-6H3,(H,34,39). The fraction of sp³-hybridized carbons (Fsp3) is 0.250. The van der Waals surface area contributed by atoms with Crippen LogP contribution in [0.15, 0.2) is 84.0 Å². The molecule has 0 spiro atoms. The molecule has 1 aromatic carbocycles. The second-order valence-corrected chi connectivity index (χ2v) is 12.1. The van der Waals surface area contributed by atoms with Gasteiger partial charge in [0.2, 0.25) is 11.8 Å². The maximum Gasteiger partial charge on any atom is 0.331 e. The molecule has 0 aliphatic rings. The van der Waals surface area contributed by atoms with E-state index in [0.717, 1.165) is 33.3 Å². The van der Waals surface area contributed by atoms with Crippen molar-refractivity contribution in [2.45, 2.75) is 52.4 Å². The number of nitrogens with zero attached hydrogens (tertiary/aromatic N) is 5. The van der Waals surface area contributed by atoms with Crippen LogP contribution in [0.25, 0.3) is 33.6 Å². The largest absolute Gasteiger partial charge is 0.421 e. The van der Waals surface area contributed by atoms with Crippen LogP contribution in [0.1, 0.15) is 52.7 Å². The second kappa shape index (κ2) is 9.19. The smallest absolute Gasteiger partial charge is 0.331 e. The molecule has 0 radical (unpaired) electrons. The van der Waals surface area contributed by atoms with E-state index in [0.29, 0.717) is 17.6 Å². The van der Waals surface area contributed by atoms with Crippen LogP contribution in [0, 0.1) is 0 Å². The van der Waals surface area contributed by atoms with E-state index < -0.39 is 0 Å². The van der Waals surface area contributed by atoms with Crippen molar-refractivity contribution < 1.29 is 4.74 Å². The second-order valence-electron chi connectivity index (χ2n) is 12.1. The zero-order chi connectivity index (χ0) is 28.2. The van der Waals surface area contributed by atoms with Gasteiger partial charge in [0.15, 0.2) is 5.65 Å². The van der Waals surface area contributed by atoms with E-state index in [9.17, 15) is 4.79 Å². The van der Waals surface area contributed by atoms with Crippen LogP contribution in [-0.2, 0) is 10.8 Å². The molecule has 1 N–H and O–H groups in total. The van der Waals surface area contributed by atoms with Gasteiger partial charge in [-0.15, -0.1) is 0 Å². The van der Waals surface area contributed by atoms with Crippen LogP contribution in [0.4, 0.5) is 0 Å². The van der Waals surface area contributed by atoms with Gasteiger partial charge >= 0.3 is 5.69 Å². The third-order valence-electron chi connectivity index (χ3n) is 7.10. The van der Waals surface area contributed by atoms with Crippen molar-refractivity contribution in [2.24, 2.45) is 0 Å². The topological polar surface area (TPSA) is 90.6 Å². The van der Waals surface area contributed by atoms with E-state index in [-0.39, 0.29) is 16.5 Å². The number of nitrogens with one attached hydrogen (secondary N) is 1. The molecule has 8 nitrogen and oxygen atoms in total. The van der Waals surface area contributed by atoms with Gasteiger partial charge in [0.25, 0.3) is 0 Å². The molecule has 202 valence electrons. The Morgan fingerprint density at radius 3 is 2.25 bits per heavy atom. The Balaban J connectivity index is 1.51. The van der Waals surface area contributed by atoms with Gasteiger partial charge in [-0.3, -0.25) is 9.13 Å². The quantitative estimate of drug-likeness (QED) is 0.269. The third-order valence-corrected chi connectivity index (χ3v) is 7.10. The van der Waals surface area contributed by atoms with Crippen LogP contribution < -0.4 is 10.4 Å². The van der Waals surface area contributed by atoms with Gasteiger partial charge in [0.05, 0.1) is 5.52 Å². The van der Waals surface area contributed by atoms with Crippen molar-refractivity contribution in [1.82, 2.24) is 29.1 Å². The monoisotopic (exact) mass is 532 g/mol. The summed E-state index contributed by atoms with van der Waals surface area (Å²) >= 11 is 0. The number of rotatable bonds is 4. The van der Waals surface area contributed by atoms with Crippen molar-refractivity contribution in [1.29, 1.82) is 0 Å². The number of para-hydroxylation sites is 1. The van der Waals surface area contributed by atoms with Gasteiger partial charge in [-0.1, -0.05) is 59.7 Å². The van der Waals surface area contributed by atoms with Gasteiger partial charge in [0.1, 0.15) is 11.6 Å². The lowest BCUT2D eigenvalue weighted by molar-refractivity contribution is 0.441. The molecule has 0 bridgehead atoms. The summed E-state index contributed by atoms with van der Waals surface area (Å²) in [5.74, 6) is 2.03. The van der Waals surface area contributed by atoms with Gasteiger partial charge < -0.3 is 9.72 Å². The molecule has 0 aliphatic carbocycles. The molecule has 0 saturated carbocycles. The predicted octanol–water partition coefficient (Wildman–Crippen LogP) is 6.84.